The van der Waals surface area contributed by atoms with Crippen LogP contribution in [0.2, 0.25) is 0 Å². The van der Waals surface area contributed by atoms with Gasteiger partial charge in [0.05, 0.1) is 6.54 Å². The maximum absolute atomic E-state index is 4.25. The zero-order valence-corrected chi connectivity index (χ0v) is 13.9. The number of aromatic nitrogens is 2. The van der Waals surface area contributed by atoms with E-state index in [2.05, 4.69) is 54.5 Å². The lowest BCUT2D eigenvalue weighted by molar-refractivity contribution is 0.942. The van der Waals surface area contributed by atoms with Gasteiger partial charge in [0.15, 0.2) is 4.34 Å². The van der Waals surface area contributed by atoms with Gasteiger partial charge in [0, 0.05) is 5.69 Å². The van der Waals surface area contributed by atoms with Crippen LogP contribution in [0.1, 0.15) is 36.9 Å². The number of anilines is 1. The summed E-state index contributed by atoms with van der Waals surface area (Å²) in [7, 11) is 0. The van der Waals surface area contributed by atoms with Crippen LogP contribution in [-0.2, 0) is 19.4 Å². The van der Waals surface area contributed by atoms with Crippen LogP contribution in [0.5, 0.6) is 0 Å². The number of thioether (sulfide) groups is 1. The Labute approximate surface area is 129 Å². The van der Waals surface area contributed by atoms with Crippen LogP contribution in [-0.4, -0.2) is 16.0 Å². The van der Waals surface area contributed by atoms with Gasteiger partial charge < -0.3 is 5.32 Å². The molecule has 0 atom stereocenters. The number of nitrogens with zero attached hydrogens (tertiary/aromatic N) is 2. The fraction of sp³-hybridized carbons (Fsp3) is 0.467. The first-order chi connectivity index (χ1) is 9.78. The molecule has 0 aliphatic carbocycles. The molecule has 0 aliphatic heterocycles. The first kappa shape index (κ1) is 15.3. The van der Waals surface area contributed by atoms with Crippen molar-refractivity contribution in [1.82, 2.24) is 10.2 Å². The van der Waals surface area contributed by atoms with Gasteiger partial charge in [-0.25, -0.2) is 0 Å². The van der Waals surface area contributed by atoms with Gasteiger partial charge in [-0.05, 0) is 29.7 Å². The summed E-state index contributed by atoms with van der Waals surface area (Å²) in [6, 6.07) is 6.53. The molecular formula is C15H21N3S2. The fourth-order valence-electron chi connectivity index (χ4n) is 2.13. The molecule has 0 saturated carbocycles. The molecule has 1 heterocycles. The molecular weight excluding hydrogens is 286 g/mol. The Hall–Kier alpha value is -1.07. The first-order valence-corrected chi connectivity index (χ1v) is 8.88. The molecule has 108 valence electrons. The summed E-state index contributed by atoms with van der Waals surface area (Å²) in [5.74, 6) is 1.04. The summed E-state index contributed by atoms with van der Waals surface area (Å²) in [6.07, 6.45) is 2.09. The van der Waals surface area contributed by atoms with E-state index in [-0.39, 0.29) is 0 Å². The van der Waals surface area contributed by atoms with Crippen molar-refractivity contribution in [3.05, 3.63) is 34.3 Å². The standard InChI is InChI=1S/C15H21N3S2/c1-4-11-8-7-9-12(5-2)14(11)16-10-13-17-18-15(20-13)19-6-3/h7-9,16H,4-6,10H2,1-3H3. The Morgan fingerprint density at radius 3 is 2.40 bits per heavy atom. The monoisotopic (exact) mass is 307 g/mol. The summed E-state index contributed by atoms with van der Waals surface area (Å²) in [5.41, 5.74) is 4.02. The number of hydrogen-bond donors (Lipinski definition) is 1. The van der Waals surface area contributed by atoms with Gasteiger partial charge in [0.1, 0.15) is 5.01 Å². The van der Waals surface area contributed by atoms with E-state index in [0.717, 1.165) is 34.5 Å². The Morgan fingerprint density at radius 2 is 1.80 bits per heavy atom. The topological polar surface area (TPSA) is 37.8 Å². The third kappa shape index (κ3) is 3.73. The third-order valence-corrected chi connectivity index (χ3v) is 5.07. The number of nitrogens with one attached hydrogen (secondary N) is 1. The van der Waals surface area contributed by atoms with E-state index < -0.39 is 0 Å². The average Bonchev–Trinajstić information content (AvgIpc) is 2.92. The quantitative estimate of drug-likeness (QED) is 0.770. The van der Waals surface area contributed by atoms with Crippen molar-refractivity contribution >= 4 is 28.8 Å². The molecule has 5 heteroatoms. The lowest BCUT2D eigenvalue weighted by atomic mass is 10.0. The van der Waals surface area contributed by atoms with Gasteiger partial charge in [-0.1, -0.05) is 62.1 Å². The maximum Gasteiger partial charge on any atom is 0.174 e. The predicted molar refractivity (Wildman–Crippen MR) is 88.8 cm³/mol. The van der Waals surface area contributed by atoms with Gasteiger partial charge in [-0.2, -0.15) is 0 Å². The molecule has 0 amide bonds. The van der Waals surface area contributed by atoms with E-state index in [0.29, 0.717) is 0 Å². The van der Waals surface area contributed by atoms with Crippen molar-refractivity contribution in [3.63, 3.8) is 0 Å². The average molecular weight is 307 g/mol. The Balaban J connectivity index is 2.09. The molecule has 0 aliphatic rings. The van der Waals surface area contributed by atoms with Gasteiger partial charge in [-0.3, -0.25) is 0 Å². The van der Waals surface area contributed by atoms with E-state index >= 15 is 0 Å². The van der Waals surface area contributed by atoms with E-state index in [1.54, 1.807) is 23.1 Å². The highest BCUT2D eigenvalue weighted by atomic mass is 32.2. The first-order valence-electron chi connectivity index (χ1n) is 7.08. The maximum atomic E-state index is 4.25. The van der Waals surface area contributed by atoms with E-state index in [1.165, 1.54) is 16.8 Å². The van der Waals surface area contributed by atoms with Crippen LogP contribution in [0.15, 0.2) is 22.5 Å². The van der Waals surface area contributed by atoms with Gasteiger partial charge in [0.2, 0.25) is 0 Å². The van der Waals surface area contributed by atoms with Gasteiger partial charge in [-0.15, -0.1) is 10.2 Å². The molecule has 1 aromatic carbocycles. The number of aryl methyl sites for hydroxylation is 2. The normalized spacial score (nSPS) is 10.8. The Bertz CT molecular complexity index is 530. The second-order valence-electron chi connectivity index (χ2n) is 4.41. The smallest absolute Gasteiger partial charge is 0.174 e. The molecule has 0 saturated heterocycles. The van der Waals surface area contributed by atoms with Crippen molar-refractivity contribution in [2.75, 3.05) is 11.1 Å². The molecule has 0 unspecified atom stereocenters. The van der Waals surface area contributed by atoms with E-state index in [9.17, 15) is 0 Å². The zero-order chi connectivity index (χ0) is 14.4. The molecule has 20 heavy (non-hydrogen) atoms. The SMILES string of the molecule is CCSc1nnc(CNc2c(CC)cccc2CC)s1. The van der Waals surface area contributed by atoms with Crippen molar-refractivity contribution in [3.8, 4) is 0 Å². The molecule has 2 rings (SSSR count). The van der Waals surface area contributed by atoms with Crippen molar-refractivity contribution in [2.24, 2.45) is 0 Å². The summed E-state index contributed by atoms with van der Waals surface area (Å²) < 4.78 is 1.06. The van der Waals surface area contributed by atoms with Crippen LogP contribution >= 0.6 is 23.1 Å². The van der Waals surface area contributed by atoms with Crippen molar-refractivity contribution in [2.45, 2.75) is 44.5 Å². The van der Waals surface area contributed by atoms with Crippen molar-refractivity contribution < 1.29 is 0 Å². The molecule has 0 spiro atoms. The largest absolute Gasteiger partial charge is 0.378 e. The van der Waals surface area contributed by atoms with E-state index in [1.807, 2.05) is 0 Å². The summed E-state index contributed by atoms with van der Waals surface area (Å²) in [5, 5.41) is 13.0. The minimum Gasteiger partial charge on any atom is -0.378 e. The molecule has 0 bridgehead atoms. The lowest BCUT2D eigenvalue weighted by Crippen LogP contribution is -2.05. The highest BCUT2D eigenvalue weighted by Gasteiger charge is 2.08. The molecule has 1 N–H and O–H groups in total. The molecule has 0 radical (unpaired) electrons. The van der Waals surface area contributed by atoms with Crippen molar-refractivity contribution in [1.29, 1.82) is 0 Å². The number of hydrogen-bond acceptors (Lipinski definition) is 5. The predicted octanol–water partition coefficient (Wildman–Crippen LogP) is 4.39. The van der Waals surface area contributed by atoms with Gasteiger partial charge >= 0.3 is 0 Å². The van der Waals surface area contributed by atoms with E-state index in [4.69, 9.17) is 0 Å². The zero-order valence-electron chi connectivity index (χ0n) is 12.3. The van der Waals surface area contributed by atoms with Crippen LogP contribution in [0.25, 0.3) is 0 Å². The van der Waals surface area contributed by atoms with Gasteiger partial charge in [0.25, 0.3) is 0 Å². The number of para-hydroxylation sites is 1. The Kier molecular flexibility index (Phi) is 5.86. The molecule has 3 nitrogen and oxygen atoms in total. The molecule has 0 fully saturated rings. The highest BCUT2D eigenvalue weighted by molar-refractivity contribution is 8.00. The van der Waals surface area contributed by atoms with Crippen LogP contribution in [0.3, 0.4) is 0 Å². The summed E-state index contributed by atoms with van der Waals surface area (Å²) in [4.78, 5) is 0. The Morgan fingerprint density at radius 1 is 1.10 bits per heavy atom. The molecule has 2 aromatic rings. The minimum atomic E-state index is 0.756. The van der Waals surface area contributed by atoms with Crippen LogP contribution in [0, 0.1) is 0 Å². The third-order valence-electron chi connectivity index (χ3n) is 3.13. The minimum absolute atomic E-state index is 0.756. The summed E-state index contributed by atoms with van der Waals surface area (Å²) >= 11 is 3.43. The second-order valence-corrected chi connectivity index (χ2v) is 6.98. The molecule has 1 aromatic heterocycles. The van der Waals surface area contributed by atoms with Crippen LogP contribution < -0.4 is 5.32 Å². The second kappa shape index (κ2) is 7.64. The number of rotatable bonds is 7. The lowest BCUT2D eigenvalue weighted by Gasteiger charge is -2.14. The number of benzene rings is 1. The summed E-state index contributed by atoms with van der Waals surface area (Å²) in [6.45, 7) is 7.28. The van der Waals surface area contributed by atoms with Crippen LogP contribution in [0.4, 0.5) is 5.69 Å². The highest BCUT2D eigenvalue weighted by Crippen LogP contribution is 2.25. The fourth-order valence-corrected chi connectivity index (χ4v) is 3.86.